The summed E-state index contributed by atoms with van der Waals surface area (Å²) in [7, 11) is 0. The smallest absolute Gasteiger partial charge is 0.117 e. The fraction of sp³-hybridized carbons (Fsp3) is 0.357. The molecule has 0 saturated heterocycles. The molecule has 2 heterocycles. The van der Waals surface area contributed by atoms with Crippen molar-refractivity contribution >= 4 is 16.7 Å². The second kappa shape index (κ2) is 4.24. The lowest BCUT2D eigenvalue weighted by Crippen LogP contribution is -2.23. The van der Waals surface area contributed by atoms with E-state index in [0.717, 1.165) is 31.9 Å². The highest BCUT2D eigenvalue weighted by Crippen LogP contribution is 2.21. The van der Waals surface area contributed by atoms with Crippen LogP contribution < -0.4 is 5.32 Å². The third-order valence-electron chi connectivity index (χ3n) is 3.32. The fourth-order valence-corrected chi connectivity index (χ4v) is 2.45. The molecule has 0 saturated carbocycles. The van der Waals surface area contributed by atoms with Crippen molar-refractivity contribution < 1.29 is 0 Å². The molecule has 3 heteroatoms. The lowest BCUT2D eigenvalue weighted by molar-refractivity contribution is 0.857. The lowest BCUT2D eigenvalue weighted by Gasteiger charge is -2.05. The second-order valence-electron chi connectivity index (χ2n) is 4.41. The van der Waals surface area contributed by atoms with Gasteiger partial charge in [0.1, 0.15) is 5.84 Å². The van der Waals surface area contributed by atoms with Crippen LogP contribution in [0, 0.1) is 0 Å². The van der Waals surface area contributed by atoms with Crippen LogP contribution in [0.2, 0.25) is 0 Å². The van der Waals surface area contributed by atoms with Gasteiger partial charge in [-0.1, -0.05) is 25.1 Å². The first-order chi connectivity index (χ1) is 8.38. The van der Waals surface area contributed by atoms with E-state index in [9.17, 15) is 0 Å². The maximum Gasteiger partial charge on any atom is 0.117 e. The van der Waals surface area contributed by atoms with Gasteiger partial charge in [-0.25, -0.2) is 0 Å². The van der Waals surface area contributed by atoms with Crippen LogP contribution in [-0.4, -0.2) is 23.5 Å². The van der Waals surface area contributed by atoms with Crippen molar-refractivity contribution in [1.82, 2.24) is 9.88 Å². The molecule has 0 radical (unpaired) electrons. The van der Waals surface area contributed by atoms with Crippen LogP contribution in [0.15, 0.2) is 35.5 Å². The van der Waals surface area contributed by atoms with E-state index in [-0.39, 0.29) is 0 Å². The number of rotatable bonds is 3. The summed E-state index contributed by atoms with van der Waals surface area (Å²) < 4.78 is 2.30. The highest BCUT2D eigenvalue weighted by atomic mass is 15.1. The Balaban J connectivity index is 2.03. The van der Waals surface area contributed by atoms with Gasteiger partial charge < -0.3 is 9.88 Å². The minimum Gasteiger partial charge on any atom is -0.370 e. The van der Waals surface area contributed by atoms with Crippen molar-refractivity contribution in [1.29, 1.82) is 0 Å². The highest BCUT2D eigenvalue weighted by Gasteiger charge is 2.10. The van der Waals surface area contributed by atoms with Crippen LogP contribution >= 0.6 is 0 Å². The molecule has 1 aromatic heterocycles. The number of nitrogens with zero attached hydrogens (tertiary/aromatic N) is 2. The van der Waals surface area contributed by atoms with Gasteiger partial charge in [0.25, 0.3) is 0 Å². The standard InChI is InChI=1S/C14H17N3/c1-2-11-9-17(10-14-15-7-8-16-14)13-6-4-3-5-12(11)13/h3-6,9H,2,7-8,10H2,1H3,(H,15,16). The van der Waals surface area contributed by atoms with Crippen LogP contribution in [0.3, 0.4) is 0 Å². The molecule has 0 bridgehead atoms. The first-order valence-corrected chi connectivity index (χ1v) is 6.22. The Morgan fingerprint density at radius 1 is 1.35 bits per heavy atom. The zero-order valence-corrected chi connectivity index (χ0v) is 10.1. The van der Waals surface area contributed by atoms with Crippen molar-refractivity contribution in [3.63, 3.8) is 0 Å². The Bertz CT molecular complexity index is 566. The summed E-state index contributed by atoms with van der Waals surface area (Å²) in [4.78, 5) is 4.46. The van der Waals surface area contributed by atoms with Crippen molar-refractivity contribution in [3.8, 4) is 0 Å². The quantitative estimate of drug-likeness (QED) is 0.856. The van der Waals surface area contributed by atoms with Crippen molar-refractivity contribution in [3.05, 3.63) is 36.0 Å². The number of fused-ring (bicyclic) bond motifs is 1. The average molecular weight is 227 g/mol. The Morgan fingerprint density at radius 2 is 2.24 bits per heavy atom. The van der Waals surface area contributed by atoms with E-state index < -0.39 is 0 Å². The molecule has 1 aromatic carbocycles. The van der Waals surface area contributed by atoms with Gasteiger partial charge >= 0.3 is 0 Å². The van der Waals surface area contributed by atoms with Gasteiger partial charge in [0.2, 0.25) is 0 Å². The number of aryl methyl sites for hydroxylation is 1. The normalized spacial score (nSPS) is 15.0. The largest absolute Gasteiger partial charge is 0.370 e. The summed E-state index contributed by atoms with van der Waals surface area (Å²) in [5, 5.41) is 4.70. The second-order valence-corrected chi connectivity index (χ2v) is 4.41. The predicted octanol–water partition coefficient (Wildman–Crippen LogP) is 2.21. The number of benzene rings is 1. The van der Waals surface area contributed by atoms with Gasteiger partial charge in [-0.05, 0) is 18.1 Å². The van der Waals surface area contributed by atoms with Crippen LogP contribution in [0.5, 0.6) is 0 Å². The molecular formula is C14H17N3. The summed E-state index contributed by atoms with van der Waals surface area (Å²) in [6.45, 7) is 4.96. The van der Waals surface area contributed by atoms with Crippen LogP contribution in [0.1, 0.15) is 12.5 Å². The molecule has 2 aromatic rings. The van der Waals surface area contributed by atoms with Gasteiger partial charge in [0.15, 0.2) is 0 Å². The maximum absolute atomic E-state index is 4.46. The SMILES string of the molecule is CCc1cn(CC2=NCCN2)c2ccccc12. The van der Waals surface area contributed by atoms with Gasteiger partial charge in [0.05, 0.1) is 13.1 Å². The zero-order valence-electron chi connectivity index (χ0n) is 10.1. The minimum absolute atomic E-state index is 0.862. The van der Waals surface area contributed by atoms with E-state index in [1.54, 1.807) is 0 Å². The minimum atomic E-state index is 0.862. The third-order valence-corrected chi connectivity index (χ3v) is 3.32. The molecule has 0 aliphatic carbocycles. The number of aromatic nitrogens is 1. The molecule has 0 unspecified atom stereocenters. The first-order valence-electron chi connectivity index (χ1n) is 6.22. The van der Waals surface area contributed by atoms with Gasteiger partial charge in [-0.15, -0.1) is 0 Å². The van der Waals surface area contributed by atoms with Gasteiger partial charge in [-0.2, -0.15) is 0 Å². The van der Waals surface area contributed by atoms with Crippen LogP contribution in [-0.2, 0) is 13.0 Å². The average Bonchev–Trinajstić information content (AvgIpc) is 2.98. The van der Waals surface area contributed by atoms with Gasteiger partial charge in [-0.3, -0.25) is 4.99 Å². The highest BCUT2D eigenvalue weighted by molar-refractivity contribution is 5.88. The number of nitrogens with one attached hydrogen (secondary N) is 1. The fourth-order valence-electron chi connectivity index (χ4n) is 2.45. The summed E-state index contributed by atoms with van der Waals surface area (Å²) in [5.74, 6) is 1.11. The molecule has 1 aliphatic rings. The molecule has 3 nitrogen and oxygen atoms in total. The Kier molecular flexibility index (Phi) is 2.59. The summed E-state index contributed by atoms with van der Waals surface area (Å²) in [5.41, 5.74) is 2.72. The van der Waals surface area contributed by atoms with E-state index in [1.165, 1.54) is 16.5 Å². The zero-order chi connectivity index (χ0) is 11.7. The maximum atomic E-state index is 4.46. The molecular weight excluding hydrogens is 210 g/mol. The number of aliphatic imine (C=N–C) groups is 1. The Hall–Kier alpha value is -1.77. The molecule has 3 rings (SSSR count). The third kappa shape index (κ3) is 1.82. The lowest BCUT2D eigenvalue weighted by atomic mass is 10.1. The topological polar surface area (TPSA) is 29.3 Å². The molecule has 0 amide bonds. The molecule has 17 heavy (non-hydrogen) atoms. The van der Waals surface area contributed by atoms with E-state index in [0.29, 0.717) is 0 Å². The van der Waals surface area contributed by atoms with E-state index >= 15 is 0 Å². The van der Waals surface area contributed by atoms with Gasteiger partial charge in [0, 0.05) is 23.6 Å². The van der Waals surface area contributed by atoms with Crippen LogP contribution in [0.4, 0.5) is 0 Å². The number of hydrogen-bond donors (Lipinski definition) is 1. The van der Waals surface area contributed by atoms with Crippen molar-refractivity contribution in [2.45, 2.75) is 19.9 Å². The number of hydrogen-bond acceptors (Lipinski definition) is 2. The summed E-state index contributed by atoms with van der Waals surface area (Å²) >= 11 is 0. The monoisotopic (exact) mass is 227 g/mol. The molecule has 0 fully saturated rings. The Labute approximate surface area is 101 Å². The van der Waals surface area contributed by atoms with E-state index in [4.69, 9.17) is 0 Å². The Morgan fingerprint density at radius 3 is 3.00 bits per heavy atom. The molecule has 1 aliphatic heterocycles. The van der Waals surface area contributed by atoms with Crippen molar-refractivity contribution in [2.75, 3.05) is 13.1 Å². The van der Waals surface area contributed by atoms with Crippen molar-refractivity contribution in [2.24, 2.45) is 4.99 Å². The van der Waals surface area contributed by atoms with E-state index in [1.807, 2.05) is 0 Å². The molecule has 0 spiro atoms. The number of amidine groups is 1. The molecule has 1 N–H and O–H groups in total. The summed E-state index contributed by atoms with van der Waals surface area (Å²) in [6, 6.07) is 8.60. The first kappa shape index (κ1) is 10.4. The van der Waals surface area contributed by atoms with Crippen LogP contribution in [0.25, 0.3) is 10.9 Å². The number of para-hydroxylation sites is 1. The predicted molar refractivity (Wildman–Crippen MR) is 71.6 cm³/mol. The molecule has 88 valence electrons. The van der Waals surface area contributed by atoms with E-state index in [2.05, 4.69) is 52.3 Å². The molecule has 0 atom stereocenters. The summed E-state index contributed by atoms with van der Waals surface area (Å²) in [6.07, 6.45) is 3.33.